The van der Waals surface area contributed by atoms with Crippen LogP contribution in [0.2, 0.25) is 0 Å². The Labute approximate surface area is 208 Å². The fraction of sp³-hybridized carbons (Fsp3) is 0.375. The predicted octanol–water partition coefficient (Wildman–Crippen LogP) is 6.52. The minimum atomic E-state index is -4.69. The number of esters is 1. The van der Waals surface area contributed by atoms with E-state index >= 15 is 0 Å². The molecule has 2 N–H and O–H groups in total. The molecule has 0 bridgehead atoms. The summed E-state index contributed by atoms with van der Waals surface area (Å²) in [7, 11) is 0. The number of aryl methyl sites for hydroxylation is 1. The second kappa shape index (κ2) is 10.4. The van der Waals surface area contributed by atoms with E-state index in [4.69, 9.17) is 21.4 Å². The number of alkyl halides is 3. The number of hydrogen-bond donors (Lipinski definition) is 2. The number of rotatable bonds is 4. The van der Waals surface area contributed by atoms with Crippen LogP contribution in [0.4, 0.5) is 23.9 Å². The van der Waals surface area contributed by atoms with Crippen molar-refractivity contribution in [2.24, 2.45) is 0 Å². The van der Waals surface area contributed by atoms with Crippen LogP contribution in [0.25, 0.3) is 11.0 Å². The Morgan fingerprint density at radius 2 is 1.89 bits per heavy atom. The standard InChI is InChI=1S/C24H23F3N2O4S2/c1-2-32-22(31)20-15-7-5-3-4-6-8-18(15)35-21(20)29-23(34)28-13-9-10-14-16(24(25,26)27)12-19(30)33-17(14)11-13/h9-12H,2-8H2,1H3,(H2,28,29,34). The molecule has 3 aromatic rings. The molecule has 1 aliphatic carbocycles. The topological polar surface area (TPSA) is 80.6 Å². The lowest BCUT2D eigenvalue weighted by atomic mass is 9.96. The Morgan fingerprint density at radius 3 is 2.60 bits per heavy atom. The highest BCUT2D eigenvalue weighted by Gasteiger charge is 2.34. The van der Waals surface area contributed by atoms with Crippen LogP contribution < -0.4 is 16.3 Å². The first-order valence-electron chi connectivity index (χ1n) is 11.2. The first-order valence-corrected chi connectivity index (χ1v) is 12.4. The molecule has 0 aliphatic heterocycles. The van der Waals surface area contributed by atoms with E-state index in [2.05, 4.69) is 10.6 Å². The van der Waals surface area contributed by atoms with Crippen molar-refractivity contribution in [2.45, 2.75) is 51.6 Å². The van der Waals surface area contributed by atoms with Crippen molar-refractivity contribution in [3.05, 3.63) is 56.3 Å². The number of thiophene rings is 1. The van der Waals surface area contributed by atoms with Gasteiger partial charge in [-0.3, -0.25) is 0 Å². The first-order chi connectivity index (χ1) is 16.7. The van der Waals surface area contributed by atoms with Crippen LogP contribution in [-0.2, 0) is 23.8 Å². The minimum absolute atomic E-state index is 0.137. The van der Waals surface area contributed by atoms with Crippen molar-refractivity contribution < 1.29 is 27.1 Å². The second-order valence-electron chi connectivity index (χ2n) is 8.11. The molecule has 0 spiro atoms. The maximum atomic E-state index is 13.3. The summed E-state index contributed by atoms with van der Waals surface area (Å²) in [4.78, 5) is 25.6. The number of fused-ring (bicyclic) bond motifs is 2. The molecule has 0 unspecified atom stereocenters. The van der Waals surface area contributed by atoms with Gasteiger partial charge in [0, 0.05) is 28.1 Å². The Bertz CT molecular complexity index is 1330. The number of anilines is 2. The summed E-state index contributed by atoms with van der Waals surface area (Å²) in [6.07, 6.45) is 1.24. The lowest BCUT2D eigenvalue weighted by Crippen LogP contribution is -2.20. The lowest BCUT2D eigenvalue weighted by Gasteiger charge is -2.13. The molecule has 186 valence electrons. The largest absolute Gasteiger partial charge is 0.462 e. The summed E-state index contributed by atoms with van der Waals surface area (Å²) < 4.78 is 50.1. The number of halogens is 3. The lowest BCUT2D eigenvalue weighted by molar-refractivity contribution is -0.136. The molecule has 6 nitrogen and oxygen atoms in total. The minimum Gasteiger partial charge on any atom is -0.462 e. The van der Waals surface area contributed by atoms with Crippen molar-refractivity contribution in [2.75, 3.05) is 17.2 Å². The van der Waals surface area contributed by atoms with Crippen LogP contribution in [0.3, 0.4) is 0 Å². The van der Waals surface area contributed by atoms with Gasteiger partial charge in [-0.25, -0.2) is 9.59 Å². The SMILES string of the molecule is CCOC(=O)c1c(NC(=S)Nc2ccc3c(C(F)(F)F)cc(=O)oc3c2)sc2c1CCCCCC2. The van der Waals surface area contributed by atoms with Crippen molar-refractivity contribution >= 4 is 56.3 Å². The third-order valence-corrected chi connectivity index (χ3v) is 7.10. The van der Waals surface area contributed by atoms with Gasteiger partial charge < -0.3 is 19.8 Å². The van der Waals surface area contributed by atoms with Gasteiger partial charge in [0.1, 0.15) is 10.6 Å². The van der Waals surface area contributed by atoms with E-state index in [0.29, 0.717) is 22.3 Å². The quantitative estimate of drug-likeness (QED) is 0.229. The molecule has 11 heteroatoms. The van der Waals surface area contributed by atoms with E-state index in [1.165, 1.54) is 29.5 Å². The third kappa shape index (κ3) is 5.67. The molecule has 1 aliphatic rings. The van der Waals surface area contributed by atoms with E-state index in [0.717, 1.165) is 49.0 Å². The predicted molar refractivity (Wildman–Crippen MR) is 133 cm³/mol. The van der Waals surface area contributed by atoms with Gasteiger partial charge in [0.05, 0.1) is 17.7 Å². The fourth-order valence-electron chi connectivity index (χ4n) is 4.17. The summed E-state index contributed by atoms with van der Waals surface area (Å²) in [6.45, 7) is 1.99. The van der Waals surface area contributed by atoms with Crippen molar-refractivity contribution in [1.29, 1.82) is 0 Å². The normalized spacial score (nSPS) is 14.1. The first kappa shape index (κ1) is 25.2. The number of ether oxygens (including phenoxy) is 1. The van der Waals surface area contributed by atoms with E-state index in [-0.39, 0.29) is 22.7 Å². The van der Waals surface area contributed by atoms with Gasteiger partial charge in [-0.15, -0.1) is 11.3 Å². The maximum Gasteiger partial charge on any atom is 0.417 e. The van der Waals surface area contributed by atoms with Crippen LogP contribution >= 0.6 is 23.6 Å². The Kier molecular flexibility index (Phi) is 7.46. The molecule has 35 heavy (non-hydrogen) atoms. The van der Waals surface area contributed by atoms with Gasteiger partial charge in [-0.2, -0.15) is 13.2 Å². The van der Waals surface area contributed by atoms with E-state index < -0.39 is 23.3 Å². The smallest absolute Gasteiger partial charge is 0.417 e. The third-order valence-electron chi connectivity index (χ3n) is 5.69. The summed E-state index contributed by atoms with van der Waals surface area (Å²) in [6, 6.07) is 4.33. The van der Waals surface area contributed by atoms with Gasteiger partial charge >= 0.3 is 17.8 Å². The summed E-state index contributed by atoms with van der Waals surface area (Å²) in [5, 5.41) is 6.43. The van der Waals surface area contributed by atoms with Crippen molar-refractivity contribution in [3.8, 4) is 0 Å². The van der Waals surface area contributed by atoms with Gasteiger partial charge in [-0.1, -0.05) is 12.8 Å². The molecule has 4 rings (SSSR count). The van der Waals surface area contributed by atoms with Crippen LogP contribution in [0.1, 0.15) is 59.0 Å². The highest BCUT2D eigenvalue weighted by molar-refractivity contribution is 7.80. The summed E-state index contributed by atoms with van der Waals surface area (Å²) in [5.74, 6) is -0.414. The zero-order valence-corrected chi connectivity index (χ0v) is 20.5. The van der Waals surface area contributed by atoms with E-state index in [1.54, 1.807) is 6.92 Å². The number of nitrogens with one attached hydrogen (secondary N) is 2. The maximum absolute atomic E-state index is 13.3. The van der Waals surface area contributed by atoms with Gasteiger partial charge in [0.2, 0.25) is 0 Å². The van der Waals surface area contributed by atoms with Crippen LogP contribution in [0.15, 0.2) is 33.5 Å². The average molecular weight is 525 g/mol. The molecular formula is C24H23F3N2O4S2. The molecule has 2 heterocycles. The molecule has 0 saturated carbocycles. The van der Waals surface area contributed by atoms with E-state index in [9.17, 15) is 22.8 Å². The van der Waals surface area contributed by atoms with Crippen molar-refractivity contribution in [3.63, 3.8) is 0 Å². The van der Waals surface area contributed by atoms with Gasteiger partial charge in [-0.05, 0) is 62.5 Å². The number of hydrogen-bond acceptors (Lipinski definition) is 6. The molecule has 0 saturated heterocycles. The van der Waals surface area contributed by atoms with Crippen molar-refractivity contribution in [1.82, 2.24) is 0 Å². The Balaban J connectivity index is 1.61. The molecular weight excluding hydrogens is 501 g/mol. The molecule has 1 aromatic carbocycles. The zero-order valence-electron chi connectivity index (χ0n) is 18.8. The zero-order chi connectivity index (χ0) is 25.2. The van der Waals surface area contributed by atoms with E-state index in [1.807, 2.05) is 0 Å². The average Bonchev–Trinajstić information content (AvgIpc) is 3.08. The monoisotopic (exact) mass is 524 g/mol. The fourth-order valence-corrected chi connectivity index (χ4v) is 5.73. The number of carbonyl (C=O) groups is 1. The molecule has 2 aromatic heterocycles. The highest BCUT2D eigenvalue weighted by atomic mass is 32.1. The number of benzene rings is 1. The van der Waals surface area contributed by atoms with Gasteiger partial charge in [0.15, 0.2) is 5.11 Å². The number of thiocarbonyl (C=S) groups is 1. The Morgan fingerprint density at radius 1 is 1.14 bits per heavy atom. The molecule has 0 atom stereocenters. The van der Waals surface area contributed by atoms with Gasteiger partial charge in [0.25, 0.3) is 0 Å². The molecule has 0 fully saturated rings. The second-order valence-corrected chi connectivity index (χ2v) is 9.62. The summed E-state index contributed by atoms with van der Waals surface area (Å²) >= 11 is 6.88. The molecule has 0 amide bonds. The molecule has 0 radical (unpaired) electrons. The summed E-state index contributed by atoms with van der Waals surface area (Å²) in [5.41, 5.74) is -0.583. The van der Waals surface area contributed by atoms with Crippen LogP contribution in [-0.4, -0.2) is 17.7 Å². The Hall–Kier alpha value is -2.92. The number of carbonyl (C=O) groups excluding carboxylic acids is 1. The van der Waals surface area contributed by atoms with Crippen LogP contribution in [0.5, 0.6) is 0 Å². The van der Waals surface area contributed by atoms with Crippen LogP contribution in [0, 0.1) is 0 Å². The highest BCUT2D eigenvalue weighted by Crippen LogP contribution is 2.38.